The van der Waals surface area contributed by atoms with E-state index in [1.165, 1.54) is 12.8 Å². The van der Waals surface area contributed by atoms with Gasteiger partial charge < -0.3 is 9.90 Å². The highest BCUT2D eigenvalue weighted by atomic mass is 16.4. The first kappa shape index (κ1) is 14.9. The lowest BCUT2D eigenvalue weighted by Gasteiger charge is -2.07. The molecule has 0 saturated heterocycles. The van der Waals surface area contributed by atoms with Gasteiger partial charge in [-0.2, -0.15) is 0 Å². The Kier molecular flexibility index (Phi) is 9.78. The number of carboxylic acid groups (broad SMARTS) is 1. The fourth-order valence-electron chi connectivity index (χ4n) is 1.72. The number of hydrogen-bond acceptors (Lipinski definition) is 2. The van der Waals surface area contributed by atoms with Crippen molar-refractivity contribution in [1.29, 1.82) is 0 Å². The van der Waals surface area contributed by atoms with Crippen LogP contribution in [0.2, 0.25) is 0 Å². The zero-order valence-electron chi connectivity index (χ0n) is 10.3. The molecule has 0 spiro atoms. The molecular weight excluding hydrogens is 200 g/mol. The summed E-state index contributed by atoms with van der Waals surface area (Å²) in [5, 5.41) is 10.2. The molecule has 0 fully saturated rings. The van der Waals surface area contributed by atoms with Gasteiger partial charge in [0.1, 0.15) is 0 Å². The van der Waals surface area contributed by atoms with Gasteiger partial charge in [0, 0.05) is 5.97 Å². The zero-order chi connectivity index (χ0) is 12.2. The van der Waals surface area contributed by atoms with Crippen molar-refractivity contribution in [3.05, 3.63) is 24.8 Å². The number of carboxylic acids is 1. The summed E-state index contributed by atoms with van der Waals surface area (Å²) >= 11 is 0. The van der Waals surface area contributed by atoms with Crippen LogP contribution in [0, 0.1) is 5.92 Å². The highest BCUT2D eigenvalue weighted by Crippen LogP contribution is 2.14. The highest BCUT2D eigenvalue weighted by Gasteiger charge is 1.98. The van der Waals surface area contributed by atoms with Crippen molar-refractivity contribution in [2.24, 2.45) is 5.92 Å². The van der Waals surface area contributed by atoms with E-state index < -0.39 is 5.97 Å². The van der Waals surface area contributed by atoms with E-state index in [1.54, 1.807) is 0 Å². The molecule has 1 unspecified atom stereocenters. The second-order valence-corrected chi connectivity index (χ2v) is 4.10. The standard InChI is InChI=1S/C14H24O2/c1-3-10-13(4-2)11-8-6-5-7-9-12-14(15)16/h3-4,10,13H,2,5-9,11-12H2,1H3,(H,15,16)/p-1/b10-3+. The lowest BCUT2D eigenvalue weighted by molar-refractivity contribution is -0.305. The highest BCUT2D eigenvalue weighted by molar-refractivity contribution is 5.63. The van der Waals surface area contributed by atoms with Crippen LogP contribution in [-0.4, -0.2) is 5.97 Å². The Morgan fingerprint density at radius 3 is 2.44 bits per heavy atom. The van der Waals surface area contributed by atoms with Gasteiger partial charge in [0.25, 0.3) is 0 Å². The van der Waals surface area contributed by atoms with E-state index in [4.69, 9.17) is 0 Å². The third kappa shape index (κ3) is 9.50. The van der Waals surface area contributed by atoms with Crippen LogP contribution in [0.5, 0.6) is 0 Å². The Hall–Kier alpha value is -1.05. The van der Waals surface area contributed by atoms with Crippen molar-refractivity contribution >= 4 is 5.97 Å². The average Bonchev–Trinajstić information content (AvgIpc) is 2.26. The van der Waals surface area contributed by atoms with Crippen LogP contribution in [0.3, 0.4) is 0 Å². The first-order valence-corrected chi connectivity index (χ1v) is 6.16. The molecule has 0 aliphatic heterocycles. The van der Waals surface area contributed by atoms with Gasteiger partial charge in [-0.3, -0.25) is 0 Å². The fraction of sp³-hybridized carbons (Fsp3) is 0.643. The van der Waals surface area contributed by atoms with Crippen molar-refractivity contribution in [3.8, 4) is 0 Å². The van der Waals surface area contributed by atoms with E-state index >= 15 is 0 Å². The second-order valence-electron chi connectivity index (χ2n) is 4.10. The van der Waals surface area contributed by atoms with E-state index in [1.807, 2.05) is 13.0 Å². The summed E-state index contributed by atoms with van der Waals surface area (Å²) in [7, 11) is 0. The van der Waals surface area contributed by atoms with Gasteiger partial charge in [-0.25, -0.2) is 0 Å². The van der Waals surface area contributed by atoms with Crippen molar-refractivity contribution in [1.82, 2.24) is 0 Å². The average molecular weight is 223 g/mol. The Morgan fingerprint density at radius 1 is 1.25 bits per heavy atom. The number of unbranched alkanes of at least 4 members (excludes halogenated alkanes) is 4. The lowest BCUT2D eigenvalue weighted by Crippen LogP contribution is -2.21. The monoisotopic (exact) mass is 223 g/mol. The second kappa shape index (κ2) is 10.5. The van der Waals surface area contributed by atoms with Crippen LogP contribution >= 0.6 is 0 Å². The van der Waals surface area contributed by atoms with E-state index in [0.29, 0.717) is 5.92 Å². The van der Waals surface area contributed by atoms with E-state index in [2.05, 4.69) is 18.7 Å². The zero-order valence-corrected chi connectivity index (χ0v) is 10.3. The van der Waals surface area contributed by atoms with Crippen molar-refractivity contribution < 1.29 is 9.90 Å². The largest absolute Gasteiger partial charge is 0.550 e. The Morgan fingerprint density at radius 2 is 1.88 bits per heavy atom. The molecule has 0 aliphatic carbocycles. The molecule has 0 aromatic heterocycles. The summed E-state index contributed by atoms with van der Waals surface area (Å²) in [5.41, 5.74) is 0. The van der Waals surface area contributed by atoms with E-state index in [9.17, 15) is 9.90 Å². The number of carbonyl (C=O) groups is 1. The van der Waals surface area contributed by atoms with Gasteiger partial charge in [0.05, 0.1) is 0 Å². The number of carbonyl (C=O) groups excluding carboxylic acids is 1. The van der Waals surface area contributed by atoms with Crippen molar-refractivity contribution in [3.63, 3.8) is 0 Å². The molecule has 1 atom stereocenters. The maximum absolute atomic E-state index is 10.2. The number of allylic oxidation sites excluding steroid dienone is 3. The van der Waals surface area contributed by atoms with Crippen LogP contribution in [-0.2, 0) is 4.79 Å². The normalized spacial score (nSPS) is 12.8. The van der Waals surface area contributed by atoms with E-state index in [0.717, 1.165) is 25.7 Å². The minimum Gasteiger partial charge on any atom is -0.550 e. The maximum Gasteiger partial charge on any atom is 0.0414 e. The van der Waals surface area contributed by atoms with Gasteiger partial charge >= 0.3 is 0 Å². The molecule has 2 heteroatoms. The minimum absolute atomic E-state index is 0.202. The molecule has 16 heavy (non-hydrogen) atoms. The van der Waals surface area contributed by atoms with Crippen molar-refractivity contribution in [2.45, 2.75) is 51.9 Å². The smallest absolute Gasteiger partial charge is 0.0414 e. The van der Waals surface area contributed by atoms with Crippen LogP contribution in [0.15, 0.2) is 24.8 Å². The summed E-state index contributed by atoms with van der Waals surface area (Å²) in [6, 6.07) is 0. The Balaban J connectivity index is 3.32. The molecule has 0 aliphatic rings. The minimum atomic E-state index is -0.931. The molecule has 0 radical (unpaired) electrons. The molecule has 0 rings (SSSR count). The summed E-state index contributed by atoms with van der Waals surface area (Å²) < 4.78 is 0. The number of rotatable bonds is 10. The number of hydrogen-bond donors (Lipinski definition) is 0. The molecule has 2 nitrogen and oxygen atoms in total. The third-order valence-electron chi connectivity index (χ3n) is 2.66. The van der Waals surface area contributed by atoms with Crippen LogP contribution < -0.4 is 5.11 Å². The predicted molar refractivity (Wildman–Crippen MR) is 65.8 cm³/mol. The van der Waals surface area contributed by atoms with Crippen molar-refractivity contribution in [2.75, 3.05) is 0 Å². The summed E-state index contributed by atoms with van der Waals surface area (Å²) in [6.07, 6.45) is 12.8. The quantitative estimate of drug-likeness (QED) is 0.422. The molecule has 0 bridgehead atoms. The van der Waals surface area contributed by atoms with E-state index in [-0.39, 0.29) is 6.42 Å². The maximum atomic E-state index is 10.2. The summed E-state index contributed by atoms with van der Waals surface area (Å²) in [4.78, 5) is 10.2. The molecule has 0 heterocycles. The Bertz CT molecular complexity index is 219. The first-order valence-electron chi connectivity index (χ1n) is 6.16. The van der Waals surface area contributed by atoms with Gasteiger partial charge in [-0.05, 0) is 32.1 Å². The first-order chi connectivity index (χ1) is 7.70. The van der Waals surface area contributed by atoms with Crippen LogP contribution in [0.25, 0.3) is 0 Å². The SMILES string of the molecule is C=CC(/C=C/C)CCCCCCCC(=O)[O-]. The van der Waals surface area contributed by atoms with Gasteiger partial charge in [0.2, 0.25) is 0 Å². The molecule has 92 valence electrons. The molecular formula is C14H23O2-. The lowest BCUT2D eigenvalue weighted by atomic mass is 10.00. The van der Waals surface area contributed by atoms with Crippen LogP contribution in [0.4, 0.5) is 0 Å². The van der Waals surface area contributed by atoms with Crippen LogP contribution in [0.1, 0.15) is 51.9 Å². The van der Waals surface area contributed by atoms with Gasteiger partial charge in [0.15, 0.2) is 0 Å². The third-order valence-corrected chi connectivity index (χ3v) is 2.66. The summed E-state index contributed by atoms with van der Waals surface area (Å²) in [6.45, 7) is 5.83. The fourth-order valence-corrected chi connectivity index (χ4v) is 1.72. The topological polar surface area (TPSA) is 40.1 Å². The predicted octanol–water partition coefficient (Wildman–Crippen LogP) is 2.85. The number of aliphatic carboxylic acids is 1. The van der Waals surface area contributed by atoms with Gasteiger partial charge in [-0.1, -0.05) is 43.9 Å². The Labute approximate surface area is 99.1 Å². The molecule has 0 aromatic carbocycles. The molecule has 0 saturated carbocycles. The van der Waals surface area contributed by atoms with Gasteiger partial charge in [-0.15, -0.1) is 6.58 Å². The molecule has 0 amide bonds. The summed E-state index contributed by atoms with van der Waals surface area (Å²) in [5.74, 6) is -0.437. The molecule has 0 aromatic rings. The molecule has 0 N–H and O–H groups in total.